The molecule has 82 valence electrons. The van der Waals surface area contributed by atoms with Crippen molar-refractivity contribution >= 4 is 22.3 Å². The van der Waals surface area contributed by atoms with Gasteiger partial charge in [0.25, 0.3) is 10.1 Å². The first-order valence-corrected chi connectivity index (χ1v) is 5.05. The number of hydrogen-bond acceptors (Lipinski definition) is 5. The lowest BCUT2D eigenvalue weighted by atomic mass is 10.3. The van der Waals surface area contributed by atoms with E-state index < -0.39 is 27.7 Å². The minimum absolute atomic E-state index is 0.00324. The first-order valence-electron chi connectivity index (χ1n) is 3.55. The molecule has 0 aliphatic carbocycles. The van der Waals surface area contributed by atoms with Crippen LogP contribution >= 0.6 is 0 Å². The van der Waals surface area contributed by atoms with Crippen molar-refractivity contribution in [1.29, 1.82) is 0 Å². The van der Waals surface area contributed by atoms with E-state index in [4.69, 9.17) is 4.55 Å². The molecule has 0 saturated carbocycles. The smallest absolute Gasteiger partial charge is 0.275 e. The second-order valence-electron chi connectivity index (χ2n) is 2.47. The Hall–Kier alpha value is -0.990. The Morgan fingerprint density at radius 1 is 1.64 bits per heavy atom. The van der Waals surface area contributed by atoms with Crippen molar-refractivity contribution < 1.29 is 27.4 Å². The monoisotopic (exact) mass is 225 g/mol. The number of carbonyl (C=O) groups is 2. The molecular formula is C6H11NO6S. The van der Waals surface area contributed by atoms with Crippen molar-refractivity contribution in [2.24, 2.45) is 0 Å². The molecule has 0 rings (SSSR count). The zero-order chi connectivity index (χ0) is 11.4. The molecule has 0 aromatic heterocycles. The van der Waals surface area contributed by atoms with Crippen LogP contribution < -0.4 is 0 Å². The Labute approximate surface area is 81.3 Å². The molecule has 0 bridgehead atoms. The second kappa shape index (κ2) is 5.03. The zero-order valence-electron chi connectivity index (χ0n) is 7.71. The third kappa shape index (κ3) is 3.81. The van der Waals surface area contributed by atoms with Gasteiger partial charge in [-0.25, -0.2) is 5.06 Å². The Balaban J connectivity index is 4.50. The van der Waals surface area contributed by atoms with Crippen LogP contribution in [0.1, 0.15) is 6.42 Å². The molecule has 0 radical (unpaired) electrons. The van der Waals surface area contributed by atoms with Gasteiger partial charge in [0, 0.05) is 7.05 Å². The molecule has 1 atom stereocenters. The average Bonchev–Trinajstić information content (AvgIpc) is 2.10. The number of nitrogens with zero attached hydrogens (tertiary/aromatic N) is 1. The Kier molecular flexibility index (Phi) is 4.68. The normalized spacial score (nSPS) is 13.4. The number of hydrogen-bond donors (Lipinski definition) is 1. The third-order valence-electron chi connectivity index (χ3n) is 1.54. The second-order valence-corrected chi connectivity index (χ2v) is 4.10. The molecule has 1 N–H and O–H groups in total. The predicted molar refractivity (Wildman–Crippen MR) is 45.8 cm³/mol. The van der Waals surface area contributed by atoms with Crippen LogP contribution in [-0.2, 0) is 24.5 Å². The van der Waals surface area contributed by atoms with Gasteiger partial charge in [0.05, 0.1) is 13.5 Å². The minimum Gasteiger partial charge on any atom is -0.302 e. The van der Waals surface area contributed by atoms with E-state index in [1.807, 2.05) is 0 Å². The van der Waals surface area contributed by atoms with E-state index in [2.05, 4.69) is 4.84 Å². The van der Waals surface area contributed by atoms with Crippen molar-refractivity contribution in [2.45, 2.75) is 11.7 Å². The van der Waals surface area contributed by atoms with Gasteiger partial charge >= 0.3 is 0 Å². The zero-order valence-corrected chi connectivity index (χ0v) is 8.52. The average molecular weight is 225 g/mol. The molecule has 0 aromatic rings. The maximum Gasteiger partial charge on any atom is 0.275 e. The largest absolute Gasteiger partial charge is 0.302 e. The Bertz CT molecular complexity index is 310. The van der Waals surface area contributed by atoms with Crippen molar-refractivity contribution in [3.63, 3.8) is 0 Å². The topological polar surface area (TPSA) is 101 Å². The van der Waals surface area contributed by atoms with Crippen LogP contribution in [0.15, 0.2) is 0 Å². The van der Waals surface area contributed by atoms with Crippen LogP contribution in [0.25, 0.3) is 0 Å². The summed E-state index contributed by atoms with van der Waals surface area (Å²) >= 11 is 0. The SMILES string of the molecule is CON(C)C(=O)CC(C=O)S(=O)(=O)O. The number of aldehydes is 1. The molecule has 0 aliphatic heterocycles. The van der Waals surface area contributed by atoms with E-state index in [-0.39, 0.29) is 6.29 Å². The molecular weight excluding hydrogens is 214 g/mol. The lowest BCUT2D eigenvalue weighted by molar-refractivity contribution is -0.168. The molecule has 1 unspecified atom stereocenters. The molecule has 0 heterocycles. The summed E-state index contributed by atoms with van der Waals surface area (Å²) in [6, 6.07) is 0. The van der Waals surface area contributed by atoms with Crippen LogP contribution in [-0.4, -0.2) is 49.6 Å². The lowest BCUT2D eigenvalue weighted by Crippen LogP contribution is -2.33. The van der Waals surface area contributed by atoms with Crippen molar-refractivity contribution in [3.8, 4) is 0 Å². The highest BCUT2D eigenvalue weighted by Crippen LogP contribution is 2.03. The summed E-state index contributed by atoms with van der Waals surface area (Å²) in [5.74, 6) is -0.720. The predicted octanol–water partition coefficient (Wildman–Crippen LogP) is -1.15. The van der Waals surface area contributed by atoms with Crippen LogP contribution in [0.2, 0.25) is 0 Å². The van der Waals surface area contributed by atoms with Crippen molar-refractivity contribution in [2.75, 3.05) is 14.2 Å². The summed E-state index contributed by atoms with van der Waals surface area (Å²) in [6.07, 6.45) is -0.649. The molecule has 7 nitrogen and oxygen atoms in total. The first kappa shape index (κ1) is 13.0. The van der Waals surface area contributed by atoms with Crippen molar-refractivity contribution in [3.05, 3.63) is 0 Å². The number of hydroxylamine groups is 2. The first-order chi connectivity index (χ1) is 6.32. The standard InChI is InChI=1S/C6H11NO6S/c1-7(13-2)6(9)3-5(4-8)14(10,11)12/h4-5H,3H2,1-2H3,(H,10,11,12). The van der Waals surface area contributed by atoms with E-state index in [9.17, 15) is 18.0 Å². The summed E-state index contributed by atoms with van der Waals surface area (Å²) in [5.41, 5.74) is 0. The van der Waals surface area contributed by atoms with Gasteiger partial charge in [-0.05, 0) is 0 Å². The van der Waals surface area contributed by atoms with Gasteiger partial charge in [-0.15, -0.1) is 0 Å². The minimum atomic E-state index is -4.52. The van der Waals surface area contributed by atoms with Gasteiger partial charge in [-0.2, -0.15) is 8.42 Å². The molecule has 0 spiro atoms. The van der Waals surface area contributed by atoms with E-state index >= 15 is 0 Å². The van der Waals surface area contributed by atoms with Gasteiger partial charge in [-0.3, -0.25) is 14.2 Å². The number of amides is 1. The van der Waals surface area contributed by atoms with Gasteiger partial charge in [0.2, 0.25) is 5.91 Å². The fourth-order valence-electron chi connectivity index (χ4n) is 0.626. The maximum absolute atomic E-state index is 11.1. The fraction of sp³-hybridized carbons (Fsp3) is 0.667. The maximum atomic E-state index is 11.1. The highest BCUT2D eigenvalue weighted by atomic mass is 32.2. The number of rotatable bonds is 5. The molecule has 0 aliphatic rings. The van der Waals surface area contributed by atoms with E-state index in [0.29, 0.717) is 0 Å². The van der Waals surface area contributed by atoms with Gasteiger partial charge < -0.3 is 4.79 Å². The fourth-order valence-corrected chi connectivity index (χ4v) is 1.12. The Morgan fingerprint density at radius 2 is 2.14 bits per heavy atom. The molecule has 8 heteroatoms. The molecule has 1 amide bonds. The van der Waals surface area contributed by atoms with Gasteiger partial charge in [0.15, 0.2) is 5.25 Å². The summed E-state index contributed by atoms with van der Waals surface area (Å²) in [6.45, 7) is 0. The summed E-state index contributed by atoms with van der Waals surface area (Å²) in [4.78, 5) is 25.8. The third-order valence-corrected chi connectivity index (χ3v) is 2.58. The number of carbonyl (C=O) groups excluding carboxylic acids is 2. The molecule has 0 aromatic carbocycles. The molecule has 14 heavy (non-hydrogen) atoms. The lowest BCUT2D eigenvalue weighted by Gasteiger charge is -2.14. The van der Waals surface area contributed by atoms with E-state index in [1.165, 1.54) is 14.2 Å². The summed E-state index contributed by atoms with van der Waals surface area (Å²) < 4.78 is 29.6. The summed E-state index contributed by atoms with van der Waals surface area (Å²) in [7, 11) is -2.06. The van der Waals surface area contributed by atoms with Crippen LogP contribution in [0.3, 0.4) is 0 Å². The van der Waals surface area contributed by atoms with Crippen LogP contribution in [0.5, 0.6) is 0 Å². The van der Waals surface area contributed by atoms with E-state index in [1.54, 1.807) is 0 Å². The molecule has 0 fully saturated rings. The quantitative estimate of drug-likeness (QED) is 0.360. The highest BCUT2D eigenvalue weighted by Gasteiger charge is 2.26. The van der Waals surface area contributed by atoms with Gasteiger partial charge in [0.1, 0.15) is 6.29 Å². The Morgan fingerprint density at radius 3 is 2.43 bits per heavy atom. The van der Waals surface area contributed by atoms with Gasteiger partial charge in [-0.1, -0.05) is 0 Å². The molecule has 0 saturated heterocycles. The van der Waals surface area contributed by atoms with Crippen LogP contribution in [0, 0.1) is 0 Å². The van der Waals surface area contributed by atoms with Crippen LogP contribution in [0.4, 0.5) is 0 Å². The summed E-state index contributed by atoms with van der Waals surface area (Å²) in [5, 5.41) is -0.977. The van der Waals surface area contributed by atoms with E-state index in [0.717, 1.165) is 5.06 Å². The van der Waals surface area contributed by atoms with Crippen molar-refractivity contribution in [1.82, 2.24) is 5.06 Å². The highest BCUT2D eigenvalue weighted by molar-refractivity contribution is 7.87.